The van der Waals surface area contributed by atoms with E-state index in [2.05, 4.69) is 32.2 Å². The van der Waals surface area contributed by atoms with Crippen LogP contribution in [0.5, 0.6) is 5.75 Å². The molecule has 0 radical (unpaired) electrons. The molecule has 1 N–H and O–H groups in total. The van der Waals surface area contributed by atoms with Gasteiger partial charge in [0.2, 0.25) is 0 Å². The molecule has 1 aliphatic carbocycles. The first-order valence-corrected chi connectivity index (χ1v) is 7.43. The fraction of sp³-hybridized carbons (Fsp3) is 0.588. The number of fused-ring (bicyclic) bond motifs is 1. The Morgan fingerprint density at radius 2 is 2.10 bits per heavy atom. The number of carbonyl (C=O) groups is 1. The largest absolute Gasteiger partial charge is 0.426 e. The summed E-state index contributed by atoms with van der Waals surface area (Å²) in [4.78, 5) is 12.4. The van der Waals surface area contributed by atoms with E-state index in [1.807, 2.05) is 19.1 Å². The van der Waals surface area contributed by atoms with E-state index < -0.39 is 0 Å². The van der Waals surface area contributed by atoms with E-state index in [0.717, 1.165) is 29.8 Å². The summed E-state index contributed by atoms with van der Waals surface area (Å²) in [7, 11) is 0. The van der Waals surface area contributed by atoms with Gasteiger partial charge in [-0.1, -0.05) is 39.0 Å². The molecule has 3 unspecified atom stereocenters. The summed E-state index contributed by atoms with van der Waals surface area (Å²) in [6, 6.07) is 6.44. The third-order valence-electron chi connectivity index (χ3n) is 4.64. The smallest absolute Gasteiger partial charge is 0.316 e. The number of rotatable bonds is 2. The number of para-hydroxylation sites is 1. The average Bonchev–Trinajstić information content (AvgIpc) is 2.93. The SMILES string of the molecule is Cc1cccc(C(C)(C)C)c1OC(=O)C1C2CNC1C2. The van der Waals surface area contributed by atoms with Gasteiger partial charge in [0.1, 0.15) is 5.75 Å². The minimum atomic E-state index is -0.0592. The standard InChI is InChI=1S/C17H23NO2/c1-10-6-5-7-12(17(2,3)4)15(10)20-16(19)14-11-8-13(14)18-9-11/h5-7,11,13-14,18H,8-9H2,1-4H3. The first-order chi connectivity index (χ1) is 9.38. The van der Waals surface area contributed by atoms with Crippen molar-refractivity contribution in [3.8, 4) is 5.75 Å². The van der Waals surface area contributed by atoms with Gasteiger partial charge < -0.3 is 10.1 Å². The molecule has 0 aromatic heterocycles. The summed E-state index contributed by atoms with van der Waals surface area (Å²) in [5.74, 6) is 1.24. The van der Waals surface area contributed by atoms with Crippen LogP contribution in [0.4, 0.5) is 0 Å². The molecule has 3 heteroatoms. The van der Waals surface area contributed by atoms with E-state index in [-0.39, 0.29) is 17.3 Å². The van der Waals surface area contributed by atoms with Crippen molar-refractivity contribution in [2.45, 2.75) is 45.6 Å². The Morgan fingerprint density at radius 3 is 2.65 bits per heavy atom. The predicted octanol–water partition coefficient (Wildman–Crippen LogP) is 2.81. The van der Waals surface area contributed by atoms with Gasteiger partial charge in [0.25, 0.3) is 0 Å². The molecule has 4 rings (SSSR count). The number of benzene rings is 1. The maximum atomic E-state index is 12.4. The minimum absolute atomic E-state index is 0.0293. The van der Waals surface area contributed by atoms with Crippen LogP contribution in [0.3, 0.4) is 0 Å². The minimum Gasteiger partial charge on any atom is -0.426 e. The van der Waals surface area contributed by atoms with E-state index in [0.29, 0.717) is 12.0 Å². The van der Waals surface area contributed by atoms with Gasteiger partial charge in [0.15, 0.2) is 0 Å². The van der Waals surface area contributed by atoms with Gasteiger partial charge in [0, 0.05) is 11.6 Å². The van der Waals surface area contributed by atoms with Crippen LogP contribution in [-0.4, -0.2) is 18.6 Å². The molecule has 2 heterocycles. The maximum Gasteiger partial charge on any atom is 0.316 e. The van der Waals surface area contributed by atoms with E-state index >= 15 is 0 Å². The summed E-state index contributed by atoms with van der Waals surface area (Å²) < 4.78 is 5.81. The molecule has 1 saturated carbocycles. The fourth-order valence-corrected chi connectivity index (χ4v) is 3.38. The topological polar surface area (TPSA) is 38.3 Å². The lowest BCUT2D eigenvalue weighted by Gasteiger charge is -2.33. The molecule has 3 fully saturated rings. The molecule has 1 aromatic carbocycles. The van der Waals surface area contributed by atoms with Crippen LogP contribution in [0.1, 0.15) is 38.3 Å². The zero-order valence-corrected chi connectivity index (χ0v) is 12.7. The monoisotopic (exact) mass is 273 g/mol. The Hall–Kier alpha value is -1.35. The lowest BCUT2D eigenvalue weighted by atomic mass is 9.74. The highest BCUT2D eigenvalue weighted by molar-refractivity contribution is 5.79. The molecule has 2 bridgehead atoms. The van der Waals surface area contributed by atoms with Crippen molar-refractivity contribution < 1.29 is 9.53 Å². The third kappa shape index (κ3) is 2.14. The van der Waals surface area contributed by atoms with Crippen LogP contribution in [0.25, 0.3) is 0 Å². The van der Waals surface area contributed by atoms with Crippen molar-refractivity contribution in [3.05, 3.63) is 29.3 Å². The molecule has 20 heavy (non-hydrogen) atoms. The molecule has 0 spiro atoms. The molecule has 0 amide bonds. The van der Waals surface area contributed by atoms with Crippen LogP contribution < -0.4 is 10.1 Å². The fourth-order valence-electron chi connectivity index (χ4n) is 3.38. The van der Waals surface area contributed by atoms with Crippen LogP contribution in [0.15, 0.2) is 18.2 Å². The Morgan fingerprint density at radius 1 is 1.35 bits per heavy atom. The molecular formula is C17H23NO2. The highest BCUT2D eigenvalue weighted by Crippen LogP contribution is 2.42. The van der Waals surface area contributed by atoms with Crippen molar-refractivity contribution in [1.29, 1.82) is 0 Å². The van der Waals surface area contributed by atoms with Crippen LogP contribution in [0.2, 0.25) is 0 Å². The predicted molar refractivity (Wildman–Crippen MR) is 78.9 cm³/mol. The van der Waals surface area contributed by atoms with Gasteiger partial charge in [-0.2, -0.15) is 0 Å². The Labute approximate surface area is 120 Å². The van der Waals surface area contributed by atoms with Crippen LogP contribution >= 0.6 is 0 Å². The van der Waals surface area contributed by atoms with Gasteiger partial charge in [0.05, 0.1) is 5.92 Å². The Bertz CT molecular complexity index is 530. The zero-order valence-electron chi connectivity index (χ0n) is 12.7. The third-order valence-corrected chi connectivity index (χ3v) is 4.64. The average molecular weight is 273 g/mol. The number of hydrogen-bond acceptors (Lipinski definition) is 3. The summed E-state index contributed by atoms with van der Waals surface area (Å²) in [6.07, 6.45) is 1.12. The number of esters is 1. The van der Waals surface area contributed by atoms with Crippen LogP contribution in [0, 0.1) is 18.8 Å². The summed E-state index contributed by atoms with van der Waals surface area (Å²) in [5.41, 5.74) is 2.11. The molecule has 3 atom stereocenters. The van der Waals surface area contributed by atoms with E-state index in [1.54, 1.807) is 0 Å². The summed E-state index contributed by atoms with van der Waals surface area (Å²) >= 11 is 0. The van der Waals surface area contributed by atoms with Crippen LogP contribution in [-0.2, 0) is 10.2 Å². The zero-order chi connectivity index (χ0) is 14.5. The number of hydrogen-bond donors (Lipinski definition) is 1. The van der Waals surface area contributed by atoms with Crippen molar-refractivity contribution in [1.82, 2.24) is 5.32 Å². The number of carbonyl (C=O) groups excluding carboxylic acids is 1. The molecule has 2 aliphatic heterocycles. The summed E-state index contributed by atoms with van der Waals surface area (Å²) in [6.45, 7) is 9.41. The van der Waals surface area contributed by atoms with Crippen molar-refractivity contribution in [2.24, 2.45) is 11.8 Å². The highest BCUT2D eigenvalue weighted by atomic mass is 16.5. The second-order valence-corrected chi connectivity index (χ2v) is 7.16. The van der Waals surface area contributed by atoms with Gasteiger partial charge in [-0.25, -0.2) is 0 Å². The quantitative estimate of drug-likeness (QED) is 0.665. The lowest BCUT2D eigenvalue weighted by molar-refractivity contribution is -0.143. The molecule has 3 aliphatic rings. The molecular weight excluding hydrogens is 250 g/mol. The Balaban J connectivity index is 1.85. The van der Waals surface area contributed by atoms with Gasteiger partial charge in [-0.3, -0.25) is 4.79 Å². The molecule has 108 valence electrons. The number of ether oxygens (including phenoxy) is 1. The highest BCUT2D eigenvalue weighted by Gasteiger charge is 2.51. The second-order valence-electron chi connectivity index (χ2n) is 7.16. The van der Waals surface area contributed by atoms with E-state index in [9.17, 15) is 4.79 Å². The summed E-state index contributed by atoms with van der Waals surface area (Å²) in [5, 5.41) is 3.37. The van der Waals surface area contributed by atoms with Gasteiger partial charge in [-0.15, -0.1) is 0 Å². The lowest BCUT2D eigenvalue weighted by Crippen LogP contribution is -2.44. The molecule has 1 aromatic rings. The second kappa shape index (κ2) is 4.59. The molecule has 3 nitrogen and oxygen atoms in total. The first-order valence-electron chi connectivity index (χ1n) is 7.43. The van der Waals surface area contributed by atoms with Gasteiger partial charge in [-0.05, 0) is 36.8 Å². The normalized spacial score (nSPS) is 28.1. The Kier molecular flexibility index (Phi) is 3.13. The van der Waals surface area contributed by atoms with Crippen molar-refractivity contribution in [2.75, 3.05) is 6.54 Å². The number of nitrogens with one attached hydrogen (secondary N) is 1. The van der Waals surface area contributed by atoms with Crippen molar-refractivity contribution in [3.63, 3.8) is 0 Å². The van der Waals surface area contributed by atoms with E-state index in [1.165, 1.54) is 0 Å². The van der Waals surface area contributed by atoms with E-state index in [4.69, 9.17) is 4.74 Å². The molecule has 2 saturated heterocycles. The first kappa shape index (κ1) is 13.6. The number of aryl methyl sites for hydroxylation is 1. The maximum absolute atomic E-state index is 12.4. The van der Waals surface area contributed by atoms with Crippen molar-refractivity contribution >= 4 is 5.97 Å². The van der Waals surface area contributed by atoms with Gasteiger partial charge >= 0.3 is 5.97 Å².